The van der Waals surface area contributed by atoms with Gasteiger partial charge in [0.15, 0.2) is 9.84 Å². The Labute approximate surface area is 132 Å². The van der Waals surface area contributed by atoms with Crippen molar-refractivity contribution in [1.82, 2.24) is 10.2 Å². The van der Waals surface area contributed by atoms with Crippen molar-refractivity contribution in [3.63, 3.8) is 0 Å². The molecule has 1 amide bonds. The maximum Gasteiger partial charge on any atom is 0.238 e. The van der Waals surface area contributed by atoms with E-state index >= 15 is 0 Å². The van der Waals surface area contributed by atoms with Gasteiger partial charge >= 0.3 is 0 Å². The molecule has 0 radical (unpaired) electrons. The summed E-state index contributed by atoms with van der Waals surface area (Å²) in [6.45, 7) is 3.97. The fourth-order valence-corrected chi connectivity index (χ4v) is 3.97. The van der Waals surface area contributed by atoms with Gasteiger partial charge in [0.1, 0.15) is 5.75 Å². The Bertz CT molecular complexity index is 587. The maximum atomic E-state index is 12.2. The second-order valence-electron chi connectivity index (χ2n) is 5.82. The summed E-state index contributed by atoms with van der Waals surface area (Å²) in [6, 6.07) is 9.85. The van der Waals surface area contributed by atoms with Gasteiger partial charge in [0, 0.05) is 25.7 Å². The number of nitrogens with zero attached hydrogens (tertiary/aromatic N) is 1. The van der Waals surface area contributed by atoms with Crippen LogP contribution in [-0.2, 0) is 21.1 Å². The van der Waals surface area contributed by atoms with Gasteiger partial charge in [-0.2, -0.15) is 0 Å². The lowest BCUT2D eigenvalue weighted by molar-refractivity contribution is -0.131. The molecule has 1 N–H and O–H groups in total. The van der Waals surface area contributed by atoms with Gasteiger partial charge in [0.2, 0.25) is 5.91 Å². The van der Waals surface area contributed by atoms with Crippen LogP contribution in [0.3, 0.4) is 0 Å². The zero-order valence-corrected chi connectivity index (χ0v) is 13.8. The smallest absolute Gasteiger partial charge is 0.238 e. The van der Waals surface area contributed by atoms with Gasteiger partial charge in [-0.25, -0.2) is 8.42 Å². The highest BCUT2D eigenvalue weighted by atomic mass is 32.2. The molecular weight excluding hydrogens is 300 g/mol. The highest BCUT2D eigenvalue weighted by Gasteiger charge is 2.26. The minimum atomic E-state index is -3.34. The fraction of sp³-hybridized carbons (Fsp3) is 0.562. The number of carbonyl (C=O) groups excluding carboxylic acids is 1. The second-order valence-corrected chi connectivity index (χ2v) is 8.01. The molecule has 1 aromatic rings. The van der Waals surface area contributed by atoms with Crippen LogP contribution in [0, 0.1) is 0 Å². The summed E-state index contributed by atoms with van der Waals surface area (Å²) < 4.78 is 24.2. The highest BCUT2D eigenvalue weighted by molar-refractivity contribution is 7.92. The van der Waals surface area contributed by atoms with E-state index in [1.54, 1.807) is 4.90 Å². The SMILES string of the molecule is CC1CNCCN1C(=O)CS(=O)(=O)CCCc1ccccc1. The van der Waals surface area contributed by atoms with Gasteiger partial charge in [0.05, 0.1) is 5.75 Å². The number of aryl methyl sites for hydroxylation is 1. The Morgan fingerprint density at radius 3 is 2.73 bits per heavy atom. The Morgan fingerprint density at radius 2 is 2.05 bits per heavy atom. The van der Waals surface area contributed by atoms with Crippen LogP contribution >= 0.6 is 0 Å². The van der Waals surface area contributed by atoms with E-state index in [2.05, 4.69) is 5.32 Å². The predicted molar refractivity (Wildman–Crippen MR) is 87.5 cm³/mol. The van der Waals surface area contributed by atoms with E-state index in [9.17, 15) is 13.2 Å². The first-order valence-corrected chi connectivity index (χ1v) is 9.54. The molecule has 0 aromatic heterocycles. The van der Waals surface area contributed by atoms with Crippen molar-refractivity contribution >= 4 is 15.7 Å². The topological polar surface area (TPSA) is 66.5 Å². The normalized spacial score (nSPS) is 19.1. The fourth-order valence-electron chi connectivity index (χ4n) is 2.70. The lowest BCUT2D eigenvalue weighted by atomic mass is 10.1. The van der Waals surface area contributed by atoms with Gasteiger partial charge in [-0.3, -0.25) is 4.79 Å². The van der Waals surface area contributed by atoms with Crippen LogP contribution in [-0.4, -0.2) is 56.4 Å². The summed E-state index contributed by atoms with van der Waals surface area (Å²) in [5, 5.41) is 3.19. The Morgan fingerprint density at radius 1 is 1.32 bits per heavy atom. The van der Waals surface area contributed by atoms with Crippen molar-refractivity contribution in [1.29, 1.82) is 0 Å². The molecule has 0 bridgehead atoms. The molecule has 1 aliphatic heterocycles. The van der Waals surface area contributed by atoms with E-state index in [1.807, 2.05) is 37.3 Å². The van der Waals surface area contributed by atoms with E-state index in [0.717, 1.165) is 25.1 Å². The summed E-state index contributed by atoms with van der Waals surface area (Å²) in [6.07, 6.45) is 1.27. The van der Waals surface area contributed by atoms with E-state index in [4.69, 9.17) is 0 Å². The third-order valence-corrected chi connectivity index (χ3v) is 5.53. The molecule has 1 atom stereocenters. The van der Waals surface area contributed by atoms with Crippen molar-refractivity contribution in [3.05, 3.63) is 35.9 Å². The third kappa shape index (κ3) is 5.10. The molecular formula is C16H24N2O3S. The molecule has 1 aromatic carbocycles. The standard InChI is InChI=1S/C16H24N2O3S/c1-14-12-17-9-10-18(14)16(19)13-22(20,21)11-5-8-15-6-3-2-4-7-15/h2-4,6-7,14,17H,5,8-13H2,1H3. The van der Waals surface area contributed by atoms with Crippen LogP contribution in [0.15, 0.2) is 30.3 Å². The number of hydrogen-bond acceptors (Lipinski definition) is 4. The Hall–Kier alpha value is -1.40. The zero-order valence-electron chi connectivity index (χ0n) is 13.0. The Kier molecular flexibility index (Phi) is 5.97. The molecule has 22 heavy (non-hydrogen) atoms. The molecule has 0 saturated carbocycles. The van der Waals surface area contributed by atoms with E-state index in [-0.39, 0.29) is 23.5 Å². The number of piperazine rings is 1. The Balaban J connectivity index is 1.81. The third-order valence-electron chi connectivity index (χ3n) is 3.93. The number of nitrogens with one attached hydrogen (secondary N) is 1. The van der Waals surface area contributed by atoms with Crippen LogP contribution in [0.2, 0.25) is 0 Å². The monoisotopic (exact) mass is 324 g/mol. The lowest BCUT2D eigenvalue weighted by Gasteiger charge is -2.33. The minimum Gasteiger partial charge on any atom is -0.337 e. The van der Waals surface area contributed by atoms with Crippen LogP contribution in [0.25, 0.3) is 0 Å². The number of sulfone groups is 1. The summed E-state index contributed by atoms with van der Waals surface area (Å²) >= 11 is 0. The first kappa shape index (κ1) is 17.0. The van der Waals surface area contributed by atoms with Crippen molar-refractivity contribution < 1.29 is 13.2 Å². The number of amides is 1. The van der Waals surface area contributed by atoms with Gasteiger partial charge in [-0.15, -0.1) is 0 Å². The van der Waals surface area contributed by atoms with E-state index in [0.29, 0.717) is 13.0 Å². The largest absolute Gasteiger partial charge is 0.337 e. The molecule has 0 aliphatic carbocycles. The van der Waals surface area contributed by atoms with E-state index < -0.39 is 9.84 Å². The first-order valence-electron chi connectivity index (χ1n) is 7.72. The molecule has 122 valence electrons. The van der Waals surface area contributed by atoms with Crippen molar-refractivity contribution in [2.24, 2.45) is 0 Å². The van der Waals surface area contributed by atoms with Crippen molar-refractivity contribution in [2.75, 3.05) is 31.1 Å². The molecule has 6 heteroatoms. The molecule has 2 rings (SSSR count). The van der Waals surface area contributed by atoms with Crippen molar-refractivity contribution in [2.45, 2.75) is 25.8 Å². The molecule has 5 nitrogen and oxygen atoms in total. The predicted octanol–water partition coefficient (Wildman–Crippen LogP) is 0.854. The average molecular weight is 324 g/mol. The minimum absolute atomic E-state index is 0.0563. The second kappa shape index (κ2) is 7.74. The van der Waals surface area contributed by atoms with Gasteiger partial charge in [-0.1, -0.05) is 30.3 Å². The molecule has 0 spiro atoms. The van der Waals surface area contributed by atoms with Gasteiger partial charge in [0.25, 0.3) is 0 Å². The summed E-state index contributed by atoms with van der Waals surface area (Å²) in [5.74, 6) is -0.575. The maximum absolute atomic E-state index is 12.2. The van der Waals surface area contributed by atoms with Crippen LogP contribution in [0.1, 0.15) is 18.9 Å². The van der Waals surface area contributed by atoms with Crippen molar-refractivity contribution in [3.8, 4) is 0 Å². The molecule has 1 fully saturated rings. The summed E-state index contributed by atoms with van der Waals surface area (Å²) in [4.78, 5) is 13.8. The number of benzene rings is 1. The van der Waals surface area contributed by atoms with Gasteiger partial charge in [-0.05, 0) is 25.3 Å². The number of carbonyl (C=O) groups is 1. The highest BCUT2D eigenvalue weighted by Crippen LogP contribution is 2.08. The molecule has 1 unspecified atom stereocenters. The number of rotatable bonds is 6. The van der Waals surface area contributed by atoms with Crippen LogP contribution in [0.4, 0.5) is 0 Å². The van der Waals surface area contributed by atoms with Crippen LogP contribution in [0.5, 0.6) is 0 Å². The lowest BCUT2D eigenvalue weighted by Crippen LogP contribution is -2.53. The van der Waals surface area contributed by atoms with Gasteiger partial charge < -0.3 is 10.2 Å². The summed E-state index contributed by atoms with van der Waals surface area (Å²) in [7, 11) is -3.34. The van der Waals surface area contributed by atoms with E-state index in [1.165, 1.54) is 0 Å². The molecule has 1 saturated heterocycles. The van der Waals surface area contributed by atoms with Crippen LogP contribution < -0.4 is 5.32 Å². The molecule has 1 heterocycles. The molecule has 1 aliphatic rings. The number of hydrogen-bond donors (Lipinski definition) is 1. The summed E-state index contributed by atoms with van der Waals surface area (Å²) in [5.41, 5.74) is 1.12. The quantitative estimate of drug-likeness (QED) is 0.843. The average Bonchev–Trinajstić information content (AvgIpc) is 2.48. The first-order chi connectivity index (χ1) is 10.5. The zero-order chi connectivity index (χ0) is 16.0.